The second-order valence-electron chi connectivity index (χ2n) is 9.45. The molecule has 8 heteroatoms. The molecule has 0 radical (unpaired) electrons. The van der Waals surface area contributed by atoms with Crippen LogP contribution >= 0.6 is 0 Å². The van der Waals surface area contributed by atoms with Gasteiger partial charge in [-0.05, 0) is 65.6 Å². The third-order valence-electron chi connectivity index (χ3n) is 6.83. The van der Waals surface area contributed by atoms with E-state index in [1.165, 1.54) is 12.1 Å². The molecular weight excluding hydrogens is 481 g/mol. The number of rotatable bonds is 9. The lowest BCUT2D eigenvalue weighted by Gasteiger charge is -2.23. The topological polar surface area (TPSA) is 92.4 Å². The molecule has 38 heavy (non-hydrogen) atoms. The number of ether oxygens (including phenoxy) is 1. The number of carbonyl (C=O) groups excluding carboxylic acids is 1. The van der Waals surface area contributed by atoms with Crippen LogP contribution in [-0.2, 0) is 11.3 Å². The van der Waals surface area contributed by atoms with Crippen molar-refractivity contribution in [2.75, 3.05) is 45.3 Å². The lowest BCUT2D eigenvalue weighted by molar-refractivity contribution is 0.0933. The first-order chi connectivity index (χ1) is 18.4. The van der Waals surface area contributed by atoms with Crippen LogP contribution in [0.2, 0.25) is 0 Å². The normalized spacial score (nSPS) is 15.0. The summed E-state index contributed by atoms with van der Waals surface area (Å²) in [4.78, 5) is 17.1. The Morgan fingerprint density at radius 2 is 1.84 bits per heavy atom. The van der Waals surface area contributed by atoms with Crippen LogP contribution in [0.4, 0.5) is 10.1 Å². The first kappa shape index (κ1) is 26.8. The third kappa shape index (κ3) is 6.36. The number of nitrogens with zero attached hydrogens (tertiary/aromatic N) is 4. The number of hydrogen-bond donors (Lipinski definition) is 1. The number of likely N-dealkylation sites (tertiary alicyclic amines) is 1. The number of likely N-dealkylation sites (N-methyl/N-ethyl adjacent to an activating group) is 1. The number of benzene rings is 3. The molecule has 194 valence electrons. The molecule has 1 N–H and O–H groups in total. The van der Waals surface area contributed by atoms with Crippen LogP contribution in [-0.4, -0.2) is 57.2 Å². The van der Waals surface area contributed by atoms with E-state index in [-0.39, 0.29) is 17.2 Å². The first-order valence-corrected chi connectivity index (χ1v) is 12.5. The quantitative estimate of drug-likeness (QED) is 0.460. The van der Waals surface area contributed by atoms with Gasteiger partial charge in [-0.25, -0.2) is 4.39 Å². The van der Waals surface area contributed by atoms with Crippen molar-refractivity contribution in [1.82, 2.24) is 10.2 Å². The monoisotopic (exact) mass is 511 g/mol. The van der Waals surface area contributed by atoms with Crippen LogP contribution in [0.1, 0.15) is 33.5 Å². The lowest BCUT2D eigenvalue weighted by Crippen LogP contribution is -2.37. The number of methoxy groups -OCH3 is 1. The van der Waals surface area contributed by atoms with E-state index in [2.05, 4.69) is 39.4 Å². The highest BCUT2D eigenvalue weighted by molar-refractivity contribution is 5.94. The maximum Gasteiger partial charge on any atom is 0.254 e. The van der Waals surface area contributed by atoms with Crippen molar-refractivity contribution in [1.29, 1.82) is 10.5 Å². The number of carbonyl (C=O) groups is 1. The van der Waals surface area contributed by atoms with Gasteiger partial charge in [0.1, 0.15) is 5.82 Å². The second-order valence-corrected chi connectivity index (χ2v) is 9.45. The van der Waals surface area contributed by atoms with Gasteiger partial charge in [-0.1, -0.05) is 18.2 Å². The van der Waals surface area contributed by atoms with Gasteiger partial charge in [-0.2, -0.15) is 10.5 Å². The second kappa shape index (κ2) is 12.3. The molecule has 1 fully saturated rings. The number of anilines is 1. The Bertz CT molecular complexity index is 1380. The molecule has 1 aliphatic rings. The molecule has 7 nitrogen and oxygen atoms in total. The van der Waals surface area contributed by atoms with E-state index in [1.54, 1.807) is 7.11 Å². The largest absolute Gasteiger partial charge is 0.383 e. The number of nitriles is 2. The minimum absolute atomic E-state index is 0.0567. The Kier molecular flexibility index (Phi) is 8.70. The van der Waals surface area contributed by atoms with Gasteiger partial charge >= 0.3 is 0 Å². The molecule has 1 saturated heterocycles. The van der Waals surface area contributed by atoms with Crippen molar-refractivity contribution in [3.05, 3.63) is 88.7 Å². The van der Waals surface area contributed by atoms with Gasteiger partial charge in [0.25, 0.3) is 5.91 Å². The van der Waals surface area contributed by atoms with E-state index in [0.29, 0.717) is 25.3 Å². The van der Waals surface area contributed by atoms with Crippen LogP contribution in [0.15, 0.2) is 60.7 Å². The fraction of sp³-hybridized carbons (Fsp3) is 0.300. The maximum atomic E-state index is 14.3. The summed E-state index contributed by atoms with van der Waals surface area (Å²) in [6.07, 6.45) is 0.758. The summed E-state index contributed by atoms with van der Waals surface area (Å²) in [7, 11) is 3.72. The minimum Gasteiger partial charge on any atom is -0.383 e. The molecule has 0 unspecified atom stereocenters. The number of halogens is 1. The Labute approximate surface area is 222 Å². The number of hydrogen-bond acceptors (Lipinski definition) is 6. The molecule has 1 amide bonds. The van der Waals surface area contributed by atoms with E-state index < -0.39 is 11.7 Å². The van der Waals surface area contributed by atoms with Crippen LogP contribution in [0.3, 0.4) is 0 Å². The summed E-state index contributed by atoms with van der Waals surface area (Å²) >= 11 is 0. The highest BCUT2D eigenvalue weighted by Crippen LogP contribution is 2.30. The van der Waals surface area contributed by atoms with Crippen molar-refractivity contribution >= 4 is 11.6 Å². The smallest absolute Gasteiger partial charge is 0.254 e. The summed E-state index contributed by atoms with van der Waals surface area (Å²) in [5.74, 6) is -1.17. The zero-order valence-electron chi connectivity index (χ0n) is 21.6. The summed E-state index contributed by atoms with van der Waals surface area (Å²) < 4.78 is 19.5. The summed E-state index contributed by atoms with van der Waals surface area (Å²) in [5.41, 5.74) is 5.06. The van der Waals surface area contributed by atoms with Crippen molar-refractivity contribution in [2.24, 2.45) is 0 Å². The minimum atomic E-state index is -0.695. The van der Waals surface area contributed by atoms with E-state index in [0.717, 1.165) is 48.0 Å². The number of nitrogens with one attached hydrogen (secondary N) is 1. The average Bonchev–Trinajstić information content (AvgIpc) is 3.38. The molecular formula is C30H30FN5O2. The molecule has 3 aromatic carbocycles. The Morgan fingerprint density at radius 3 is 2.53 bits per heavy atom. The molecule has 4 rings (SSSR count). The molecule has 0 bridgehead atoms. The standard InChI is InChI=1S/C30H30FN5O2/c1-35(13-14-38-2)26-9-8-24(28(16-26)23-6-3-21(17-32)4-7-23)19-36-12-11-25(20-36)34-30(37)27-10-5-22(18-33)15-29(27)31/h3-10,15-16,25H,11-14,19-20H2,1-2H3,(H,34,37)/t25-/m1/s1. The molecule has 0 saturated carbocycles. The fourth-order valence-electron chi connectivity index (χ4n) is 4.66. The Balaban J connectivity index is 1.49. The van der Waals surface area contributed by atoms with E-state index >= 15 is 0 Å². The molecule has 0 spiro atoms. The SMILES string of the molecule is COCCN(C)c1ccc(CN2CC[C@@H](NC(=O)c3ccc(C#N)cc3F)C2)c(-c2ccc(C#N)cc2)c1. The van der Waals surface area contributed by atoms with Gasteiger partial charge in [-0.3, -0.25) is 9.69 Å². The molecule has 1 atom stereocenters. The molecule has 1 aliphatic heterocycles. The molecule has 0 aromatic heterocycles. The Morgan fingerprint density at radius 1 is 1.11 bits per heavy atom. The highest BCUT2D eigenvalue weighted by atomic mass is 19.1. The van der Waals surface area contributed by atoms with E-state index in [9.17, 15) is 14.4 Å². The van der Waals surface area contributed by atoms with Crippen LogP contribution < -0.4 is 10.2 Å². The summed E-state index contributed by atoms with van der Waals surface area (Å²) in [6, 6.07) is 21.8. The van der Waals surface area contributed by atoms with Crippen molar-refractivity contribution in [3.8, 4) is 23.3 Å². The maximum absolute atomic E-state index is 14.3. The highest BCUT2D eigenvalue weighted by Gasteiger charge is 2.26. The predicted octanol–water partition coefficient (Wildman–Crippen LogP) is 4.32. The fourth-order valence-corrected chi connectivity index (χ4v) is 4.66. The zero-order chi connectivity index (χ0) is 27.1. The average molecular weight is 512 g/mol. The van der Waals surface area contributed by atoms with Gasteiger partial charge in [0.2, 0.25) is 0 Å². The van der Waals surface area contributed by atoms with Crippen LogP contribution in [0.5, 0.6) is 0 Å². The van der Waals surface area contributed by atoms with Crippen LogP contribution in [0, 0.1) is 28.5 Å². The van der Waals surface area contributed by atoms with Crippen molar-refractivity contribution in [2.45, 2.75) is 19.0 Å². The first-order valence-electron chi connectivity index (χ1n) is 12.5. The number of amides is 1. The van der Waals surface area contributed by atoms with Gasteiger partial charge in [0.05, 0.1) is 35.4 Å². The van der Waals surface area contributed by atoms with Crippen molar-refractivity contribution < 1.29 is 13.9 Å². The van der Waals surface area contributed by atoms with E-state index in [1.807, 2.05) is 37.4 Å². The van der Waals surface area contributed by atoms with Gasteiger partial charge in [0, 0.05) is 52.1 Å². The van der Waals surface area contributed by atoms with Gasteiger partial charge in [-0.15, -0.1) is 0 Å². The molecule has 3 aromatic rings. The van der Waals surface area contributed by atoms with Crippen LogP contribution in [0.25, 0.3) is 11.1 Å². The van der Waals surface area contributed by atoms with Crippen molar-refractivity contribution in [3.63, 3.8) is 0 Å². The summed E-state index contributed by atoms with van der Waals surface area (Å²) in [6.45, 7) is 3.51. The zero-order valence-corrected chi connectivity index (χ0v) is 21.6. The Hall–Kier alpha value is -4.24. The van der Waals surface area contributed by atoms with Gasteiger partial charge in [0.15, 0.2) is 0 Å². The predicted molar refractivity (Wildman–Crippen MR) is 144 cm³/mol. The lowest BCUT2D eigenvalue weighted by atomic mass is 9.97. The summed E-state index contributed by atoms with van der Waals surface area (Å²) in [5, 5.41) is 21.1. The van der Waals surface area contributed by atoms with E-state index in [4.69, 9.17) is 10.00 Å². The molecule has 1 heterocycles. The van der Waals surface area contributed by atoms with Gasteiger partial charge < -0.3 is 15.0 Å². The molecule has 0 aliphatic carbocycles. The third-order valence-corrected chi connectivity index (χ3v) is 6.83.